The topological polar surface area (TPSA) is 52.6 Å². The van der Waals surface area contributed by atoms with Crippen LogP contribution >= 0.6 is 0 Å². The van der Waals surface area contributed by atoms with Crippen molar-refractivity contribution in [3.63, 3.8) is 0 Å². The van der Waals surface area contributed by atoms with Crippen LogP contribution < -0.4 is 5.32 Å². The average Bonchev–Trinajstić information content (AvgIpc) is 2.18. The second-order valence-electron chi connectivity index (χ2n) is 5.74. The number of hydrogen-bond donors (Lipinski definition) is 2. The first-order valence-electron chi connectivity index (χ1n) is 6.76. The molecule has 98 valence electrons. The van der Waals surface area contributed by atoms with Gasteiger partial charge in [-0.05, 0) is 39.7 Å². The van der Waals surface area contributed by atoms with Gasteiger partial charge >= 0.3 is 5.97 Å². The minimum atomic E-state index is -0.710. The average molecular weight is 240 g/mol. The van der Waals surface area contributed by atoms with Crippen LogP contribution in [0, 0.1) is 0 Å². The van der Waals surface area contributed by atoms with Gasteiger partial charge in [-0.25, -0.2) is 0 Å². The van der Waals surface area contributed by atoms with Crippen molar-refractivity contribution >= 4 is 5.97 Å². The zero-order valence-corrected chi connectivity index (χ0v) is 10.9. The molecule has 17 heavy (non-hydrogen) atoms. The molecule has 2 N–H and O–H groups in total. The molecule has 0 saturated carbocycles. The first-order valence-corrected chi connectivity index (χ1v) is 6.76. The van der Waals surface area contributed by atoms with Gasteiger partial charge in [-0.3, -0.25) is 4.79 Å². The van der Waals surface area contributed by atoms with Crippen LogP contribution in [0.15, 0.2) is 0 Å². The number of fused-ring (bicyclic) bond motifs is 2. The molecule has 2 rings (SSSR count). The maximum atomic E-state index is 10.7. The molecule has 2 saturated heterocycles. The Hall–Kier alpha value is -0.610. The highest BCUT2D eigenvalue weighted by Crippen LogP contribution is 2.32. The van der Waals surface area contributed by atoms with Gasteiger partial charge in [-0.15, -0.1) is 0 Å². The van der Waals surface area contributed by atoms with Gasteiger partial charge in [0.05, 0.1) is 6.42 Å². The Kier molecular flexibility index (Phi) is 4.05. The molecule has 0 radical (unpaired) electrons. The Morgan fingerprint density at radius 1 is 1.41 bits per heavy atom. The van der Waals surface area contributed by atoms with Crippen molar-refractivity contribution in [2.75, 3.05) is 7.05 Å². The van der Waals surface area contributed by atoms with Crippen molar-refractivity contribution in [3.05, 3.63) is 0 Å². The van der Waals surface area contributed by atoms with Crippen molar-refractivity contribution in [2.24, 2.45) is 0 Å². The molecule has 0 aromatic rings. The highest BCUT2D eigenvalue weighted by atomic mass is 16.4. The van der Waals surface area contributed by atoms with Gasteiger partial charge in [-0.1, -0.05) is 6.42 Å². The number of aliphatic carboxylic acids is 1. The summed E-state index contributed by atoms with van der Waals surface area (Å²) in [6, 6.07) is 2.01. The molecule has 2 aliphatic heterocycles. The third kappa shape index (κ3) is 3.19. The zero-order chi connectivity index (χ0) is 12.4. The second-order valence-corrected chi connectivity index (χ2v) is 5.74. The Balaban J connectivity index is 1.85. The molecule has 2 heterocycles. The fourth-order valence-electron chi connectivity index (χ4n) is 3.48. The molecule has 2 fully saturated rings. The first kappa shape index (κ1) is 12.8. The molecule has 2 bridgehead atoms. The summed E-state index contributed by atoms with van der Waals surface area (Å²) in [5.41, 5.74) is 0. The predicted octanol–water partition coefficient (Wildman–Crippen LogP) is 1.45. The van der Waals surface area contributed by atoms with Crippen molar-refractivity contribution < 1.29 is 9.90 Å². The lowest BCUT2D eigenvalue weighted by atomic mass is 9.82. The number of carboxylic acids is 1. The molecular formula is C13H24N2O2. The normalized spacial score (nSPS) is 35.5. The molecule has 0 amide bonds. The number of nitrogens with zero attached hydrogens (tertiary/aromatic N) is 1. The highest BCUT2D eigenvalue weighted by molar-refractivity contribution is 5.67. The number of carboxylic acid groups (broad SMARTS) is 1. The Morgan fingerprint density at radius 2 is 2.00 bits per heavy atom. The van der Waals surface area contributed by atoms with Crippen LogP contribution in [0.5, 0.6) is 0 Å². The van der Waals surface area contributed by atoms with E-state index in [0.29, 0.717) is 18.1 Å². The molecule has 3 unspecified atom stereocenters. The molecule has 0 spiro atoms. The minimum absolute atomic E-state index is 0.0848. The van der Waals surface area contributed by atoms with E-state index in [1.54, 1.807) is 0 Å². The highest BCUT2D eigenvalue weighted by Gasteiger charge is 2.36. The Bertz CT molecular complexity index is 269. The number of hydrogen-bond acceptors (Lipinski definition) is 3. The van der Waals surface area contributed by atoms with E-state index < -0.39 is 5.97 Å². The van der Waals surface area contributed by atoms with Crippen LogP contribution in [0.4, 0.5) is 0 Å². The molecular weight excluding hydrogens is 216 g/mol. The Labute approximate surface area is 103 Å². The summed E-state index contributed by atoms with van der Waals surface area (Å²) in [6.07, 6.45) is 6.55. The summed E-state index contributed by atoms with van der Waals surface area (Å²) >= 11 is 0. The lowest BCUT2D eigenvalue weighted by Crippen LogP contribution is -2.55. The standard InChI is InChI=1S/C13H24N2O2/c1-9(6-13(16)17)14-10-7-11-4-3-5-12(8-10)15(11)2/h9-12,14H,3-8H2,1-2H3,(H,16,17). The summed E-state index contributed by atoms with van der Waals surface area (Å²) in [7, 11) is 2.24. The van der Waals surface area contributed by atoms with Crippen LogP contribution in [0.2, 0.25) is 0 Å². The van der Waals surface area contributed by atoms with Gasteiger partial charge in [0.1, 0.15) is 0 Å². The SMILES string of the molecule is CC(CC(=O)O)NC1CC2CCCC(C1)N2C. The molecule has 3 atom stereocenters. The summed E-state index contributed by atoms with van der Waals surface area (Å²) in [5.74, 6) is -0.710. The van der Waals surface area contributed by atoms with Gasteiger partial charge in [0.2, 0.25) is 0 Å². The lowest BCUT2D eigenvalue weighted by Gasteiger charge is -2.47. The fourth-order valence-corrected chi connectivity index (χ4v) is 3.48. The van der Waals surface area contributed by atoms with E-state index in [1.807, 2.05) is 6.92 Å². The van der Waals surface area contributed by atoms with Crippen LogP contribution in [-0.2, 0) is 4.79 Å². The molecule has 4 nitrogen and oxygen atoms in total. The summed E-state index contributed by atoms with van der Waals surface area (Å²) in [5, 5.41) is 12.3. The quantitative estimate of drug-likeness (QED) is 0.781. The minimum Gasteiger partial charge on any atom is -0.481 e. The van der Waals surface area contributed by atoms with Gasteiger partial charge in [0, 0.05) is 24.2 Å². The van der Waals surface area contributed by atoms with E-state index in [-0.39, 0.29) is 12.5 Å². The zero-order valence-electron chi connectivity index (χ0n) is 10.9. The van der Waals surface area contributed by atoms with Crippen molar-refractivity contribution in [1.82, 2.24) is 10.2 Å². The Morgan fingerprint density at radius 3 is 2.53 bits per heavy atom. The number of nitrogens with one attached hydrogen (secondary N) is 1. The van der Waals surface area contributed by atoms with Crippen molar-refractivity contribution in [2.45, 2.75) is 69.6 Å². The van der Waals surface area contributed by atoms with Crippen LogP contribution in [0.3, 0.4) is 0 Å². The first-order chi connectivity index (χ1) is 8.06. The number of carbonyl (C=O) groups is 1. The third-order valence-corrected chi connectivity index (χ3v) is 4.34. The third-order valence-electron chi connectivity index (χ3n) is 4.34. The molecule has 4 heteroatoms. The smallest absolute Gasteiger partial charge is 0.304 e. The van der Waals surface area contributed by atoms with Crippen molar-refractivity contribution in [1.29, 1.82) is 0 Å². The van der Waals surface area contributed by atoms with Gasteiger partial charge in [-0.2, -0.15) is 0 Å². The van der Waals surface area contributed by atoms with Crippen LogP contribution in [0.25, 0.3) is 0 Å². The summed E-state index contributed by atoms with van der Waals surface area (Å²) in [6.45, 7) is 1.97. The van der Waals surface area contributed by atoms with E-state index in [1.165, 1.54) is 32.1 Å². The van der Waals surface area contributed by atoms with Gasteiger partial charge in [0.25, 0.3) is 0 Å². The molecule has 0 aromatic heterocycles. The summed E-state index contributed by atoms with van der Waals surface area (Å²) in [4.78, 5) is 13.2. The van der Waals surface area contributed by atoms with E-state index in [2.05, 4.69) is 17.3 Å². The van der Waals surface area contributed by atoms with E-state index >= 15 is 0 Å². The largest absolute Gasteiger partial charge is 0.481 e. The summed E-state index contributed by atoms with van der Waals surface area (Å²) < 4.78 is 0. The predicted molar refractivity (Wildman–Crippen MR) is 67.1 cm³/mol. The second kappa shape index (κ2) is 5.36. The molecule has 2 aliphatic rings. The van der Waals surface area contributed by atoms with E-state index in [9.17, 15) is 4.79 Å². The maximum absolute atomic E-state index is 10.7. The molecule has 0 aromatic carbocycles. The van der Waals surface area contributed by atoms with Crippen molar-refractivity contribution in [3.8, 4) is 0 Å². The monoisotopic (exact) mass is 240 g/mol. The van der Waals surface area contributed by atoms with E-state index in [0.717, 1.165) is 0 Å². The fraction of sp³-hybridized carbons (Fsp3) is 0.923. The number of rotatable bonds is 4. The van der Waals surface area contributed by atoms with Gasteiger partial charge < -0.3 is 15.3 Å². The van der Waals surface area contributed by atoms with Crippen LogP contribution in [-0.4, -0.2) is 47.2 Å². The maximum Gasteiger partial charge on any atom is 0.304 e. The number of piperidine rings is 2. The van der Waals surface area contributed by atoms with E-state index in [4.69, 9.17) is 5.11 Å². The molecule has 0 aliphatic carbocycles. The lowest BCUT2D eigenvalue weighted by molar-refractivity contribution is -0.137. The van der Waals surface area contributed by atoms with Crippen LogP contribution in [0.1, 0.15) is 45.4 Å². The van der Waals surface area contributed by atoms with Gasteiger partial charge in [0.15, 0.2) is 0 Å².